The van der Waals surface area contributed by atoms with E-state index in [0.29, 0.717) is 11.6 Å². The zero-order valence-electron chi connectivity index (χ0n) is 6.03. The molecule has 0 aromatic carbocycles. The molecular weight excluding hydrogens is 142 g/mol. The molecule has 2 rings (SSSR count). The summed E-state index contributed by atoms with van der Waals surface area (Å²) in [6, 6.07) is 0.448. The third kappa shape index (κ3) is 1.05. The van der Waals surface area contributed by atoms with Crippen LogP contribution in [0.2, 0.25) is 0 Å². The molecular formula is C7H9N3O. The van der Waals surface area contributed by atoms with Crippen LogP contribution in [-0.4, -0.2) is 29.2 Å². The summed E-state index contributed by atoms with van der Waals surface area (Å²) in [5.74, 6) is 0. The smallest absolute Gasteiger partial charge is 0.153 e. The molecule has 0 saturated carbocycles. The SMILES string of the molecule is O=Cc1cnn(C2CNC2)c1. The molecule has 0 spiro atoms. The molecule has 58 valence electrons. The van der Waals surface area contributed by atoms with Crippen LogP contribution >= 0.6 is 0 Å². The first-order valence-corrected chi connectivity index (χ1v) is 3.60. The van der Waals surface area contributed by atoms with Crippen LogP contribution in [0.5, 0.6) is 0 Å². The van der Waals surface area contributed by atoms with Gasteiger partial charge in [0, 0.05) is 19.3 Å². The van der Waals surface area contributed by atoms with Crippen LogP contribution < -0.4 is 5.32 Å². The predicted molar refractivity (Wildman–Crippen MR) is 39.5 cm³/mol. The number of nitrogens with zero attached hydrogens (tertiary/aromatic N) is 2. The van der Waals surface area contributed by atoms with Crippen molar-refractivity contribution in [3.8, 4) is 0 Å². The average molecular weight is 151 g/mol. The first kappa shape index (κ1) is 6.54. The molecule has 11 heavy (non-hydrogen) atoms. The van der Waals surface area contributed by atoms with Crippen LogP contribution in [0.25, 0.3) is 0 Å². The van der Waals surface area contributed by atoms with Gasteiger partial charge in [-0.2, -0.15) is 5.10 Å². The number of hydrogen-bond donors (Lipinski definition) is 1. The van der Waals surface area contributed by atoms with Gasteiger partial charge in [0.15, 0.2) is 6.29 Å². The lowest BCUT2D eigenvalue weighted by Gasteiger charge is -2.27. The Labute approximate surface area is 64.2 Å². The zero-order chi connectivity index (χ0) is 7.68. The molecule has 1 N–H and O–H groups in total. The van der Waals surface area contributed by atoms with Gasteiger partial charge in [0.05, 0.1) is 17.8 Å². The molecule has 1 aliphatic heterocycles. The van der Waals surface area contributed by atoms with E-state index in [2.05, 4.69) is 10.4 Å². The van der Waals surface area contributed by atoms with E-state index in [9.17, 15) is 4.79 Å². The molecule has 0 amide bonds. The summed E-state index contributed by atoms with van der Waals surface area (Å²) in [5.41, 5.74) is 0.650. The standard InChI is InChI=1S/C7H9N3O/c11-5-6-1-9-10(4-6)7-2-8-3-7/h1,4-5,7-8H,2-3H2. The average Bonchev–Trinajstić information content (AvgIpc) is 2.32. The van der Waals surface area contributed by atoms with Gasteiger partial charge in [-0.15, -0.1) is 0 Å². The fraction of sp³-hybridized carbons (Fsp3) is 0.429. The van der Waals surface area contributed by atoms with E-state index in [4.69, 9.17) is 0 Å². The largest absolute Gasteiger partial charge is 0.312 e. The number of hydrogen-bond acceptors (Lipinski definition) is 3. The summed E-state index contributed by atoms with van der Waals surface area (Å²) in [6.07, 6.45) is 4.18. The Morgan fingerprint density at radius 3 is 3.00 bits per heavy atom. The number of aldehydes is 1. The Bertz CT molecular complexity index is 264. The normalized spacial score (nSPS) is 17.8. The highest BCUT2D eigenvalue weighted by atomic mass is 16.1. The van der Waals surface area contributed by atoms with Gasteiger partial charge in [0.2, 0.25) is 0 Å². The lowest BCUT2D eigenvalue weighted by Crippen LogP contribution is -2.43. The van der Waals surface area contributed by atoms with E-state index in [1.54, 1.807) is 12.4 Å². The highest BCUT2D eigenvalue weighted by Crippen LogP contribution is 2.09. The third-order valence-electron chi connectivity index (χ3n) is 1.89. The van der Waals surface area contributed by atoms with Crippen LogP contribution in [0.1, 0.15) is 16.4 Å². The van der Waals surface area contributed by atoms with Gasteiger partial charge < -0.3 is 5.32 Å². The maximum atomic E-state index is 10.3. The van der Waals surface area contributed by atoms with E-state index in [0.717, 1.165) is 19.4 Å². The van der Waals surface area contributed by atoms with Crippen LogP contribution in [-0.2, 0) is 0 Å². The van der Waals surface area contributed by atoms with Crippen LogP contribution in [0.3, 0.4) is 0 Å². The maximum Gasteiger partial charge on any atom is 0.153 e. The lowest BCUT2D eigenvalue weighted by molar-refractivity contribution is 0.112. The summed E-state index contributed by atoms with van der Waals surface area (Å²) in [7, 11) is 0. The van der Waals surface area contributed by atoms with E-state index >= 15 is 0 Å². The molecule has 1 fully saturated rings. The predicted octanol–water partition coefficient (Wildman–Crippen LogP) is -0.160. The summed E-state index contributed by atoms with van der Waals surface area (Å²) >= 11 is 0. The van der Waals surface area contributed by atoms with E-state index < -0.39 is 0 Å². The van der Waals surface area contributed by atoms with Gasteiger partial charge in [0.25, 0.3) is 0 Å². The Morgan fingerprint density at radius 1 is 1.73 bits per heavy atom. The third-order valence-corrected chi connectivity index (χ3v) is 1.89. The summed E-state index contributed by atoms with van der Waals surface area (Å²) in [6.45, 7) is 1.92. The van der Waals surface area contributed by atoms with Gasteiger partial charge in [-0.25, -0.2) is 0 Å². The molecule has 4 heteroatoms. The molecule has 2 heterocycles. The molecule has 1 aromatic rings. The molecule has 1 aromatic heterocycles. The first-order valence-electron chi connectivity index (χ1n) is 3.60. The number of carbonyl (C=O) groups is 1. The first-order chi connectivity index (χ1) is 5.40. The number of aromatic nitrogens is 2. The minimum absolute atomic E-state index is 0.448. The van der Waals surface area contributed by atoms with Crippen molar-refractivity contribution in [2.24, 2.45) is 0 Å². The Hall–Kier alpha value is -1.16. The highest BCUT2D eigenvalue weighted by molar-refractivity contribution is 5.73. The molecule has 0 bridgehead atoms. The molecule has 1 aliphatic rings. The molecule has 0 atom stereocenters. The fourth-order valence-corrected chi connectivity index (χ4v) is 1.07. The van der Waals surface area contributed by atoms with Crippen molar-refractivity contribution in [2.45, 2.75) is 6.04 Å². The maximum absolute atomic E-state index is 10.3. The minimum Gasteiger partial charge on any atom is -0.312 e. The molecule has 0 radical (unpaired) electrons. The Kier molecular flexibility index (Phi) is 1.47. The monoisotopic (exact) mass is 151 g/mol. The van der Waals surface area contributed by atoms with Gasteiger partial charge in [-0.1, -0.05) is 0 Å². The minimum atomic E-state index is 0.448. The van der Waals surface area contributed by atoms with E-state index in [-0.39, 0.29) is 0 Å². The van der Waals surface area contributed by atoms with Crippen LogP contribution in [0.4, 0.5) is 0 Å². The van der Waals surface area contributed by atoms with Gasteiger partial charge >= 0.3 is 0 Å². The summed E-state index contributed by atoms with van der Waals surface area (Å²) in [4.78, 5) is 10.3. The van der Waals surface area contributed by atoms with Crippen molar-refractivity contribution in [3.05, 3.63) is 18.0 Å². The van der Waals surface area contributed by atoms with E-state index in [1.165, 1.54) is 0 Å². The second kappa shape index (κ2) is 2.47. The number of nitrogens with one attached hydrogen (secondary N) is 1. The summed E-state index contributed by atoms with van der Waals surface area (Å²) in [5, 5.41) is 7.19. The Morgan fingerprint density at radius 2 is 2.55 bits per heavy atom. The topological polar surface area (TPSA) is 46.9 Å². The molecule has 4 nitrogen and oxygen atoms in total. The van der Waals surface area contributed by atoms with Crippen molar-refractivity contribution in [2.75, 3.05) is 13.1 Å². The van der Waals surface area contributed by atoms with Crippen molar-refractivity contribution in [1.82, 2.24) is 15.1 Å². The van der Waals surface area contributed by atoms with E-state index in [1.807, 2.05) is 4.68 Å². The van der Waals surface area contributed by atoms with Crippen molar-refractivity contribution < 1.29 is 4.79 Å². The van der Waals surface area contributed by atoms with Gasteiger partial charge in [-0.3, -0.25) is 9.48 Å². The van der Waals surface area contributed by atoms with Gasteiger partial charge in [-0.05, 0) is 0 Å². The highest BCUT2D eigenvalue weighted by Gasteiger charge is 2.18. The second-order valence-corrected chi connectivity index (χ2v) is 2.68. The lowest BCUT2D eigenvalue weighted by atomic mass is 10.2. The second-order valence-electron chi connectivity index (χ2n) is 2.68. The van der Waals surface area contributed by atoms with Crippen LogP contribution in [0.15, 0.2) is 12.4 Å². The molecule has 1 saturated heterocycles. The van der Waals surface area contributed by atoms with Crippen molar-refractivity contribution in [1.29, 1.82) is 0 Å². The summed E-state index contributed by atoms with van der Waals surface area (Å²) < 4.78 is 1.83. The van der Waals surface area contributed by atoms with Crippen LogP contribution in [0, 0.1) is 0 Å². The van der Waals surface area contributed by atoms with Crippen molar-refractivity contribution in [3.63, 3.8) is 0 Å². The number of rotatable bonds is 2. The molecule has 0 aliphatic carbocycles. The van der Waals surface area contributed by atoms with Gasteiger partial charge in [0.1, 0.15) is 0 Å². The fourth-order valence-electron chi connectivity index (χ4n) is 1.07. The van der Waals surface area contributed by atoms with Crippen molar-refractivity contribution >= 4 is 6.29 Å². The zero-order valence-corrected chi connectivity index (χ0v) is 6.03. The quantitative estimate of drug-likeness (QED) is 0.597. The Balaban J connectivity index is 2.17. The molecule has 0 unspecified atom stereocenters. The number of carbonyl (C=O) groups excluding carboxylic acids is 1.